The lowest BCUT2D eigenvalue weighted by Crippen LogP contribution is -2.03. The molecule has 0 aliphatic heterocycles. The van der Waals surface area contributed by atoms with Gasteiger partial charge in [0, 0.05) is 0 Å². The van der Waals surface area contributed by atoms with Crippen LogP contribution in [-0.2, 0) is 0 Å². The molecule has 0 bridgehead atoms. The molecule has 1 aliphatic rings. The van der Waals surface area contributed by atoms with Crippen molar-refractivity contribution in [3.63, 3.8) is 0 Å². The average Bonchev–Trinajstić information content (AvgIpc) is 2.97. The Morgan fingerprint density at radius 1 is 1.50 bits per heavy atom. The smallest absolute Gasteiger partial charge is 0.119 e. The maximum Gasteiger partial charge on any atom is 0.119 e. The molecule has 76 valence electrons. The Labute approximate surface area is 84.5 Å². The highest BCUT2D eigenvalue weighted by molar-refractivity contribution is 5.34. The second kappa shape index (κ2) is 3.62. The third-order valence-corrected chi connectivity index (χ3v) is 2.98. The lowest BCUT2D eigenvalue weighted by atomic mass is 10.1. The van der Waals surface area contributed by atoms with Gasteiger partial charge in [-0.05, 0) is 42.9 Å². The van der Waals surface area contributed by atoms with E-state index in [2.05, 4.69) is 12.1 Å². The Balaban J connectivity index is 2.11. The molecule has 14 heavy (non-hydrogen) atoms. The first-order valence-corrected chi connectivity index (χ1v) is 5.04. The second-order valence-electron chi connectivity index (χ2n) is 4.02. The van der Waals surface area contributed by atoms with E-state index in [4.69, 9.17) is 4.74 Å². The predicted molar refractivity (Wildman–Crippen MR) is 55.5 cm³/mol. The maximum atomic E-state index is 9.42. The molecule has 2 nitrogen and oxygen atoms in total. The fourth-order valence-electron chi connectivity index (χ4n) is 2.00. The number of aliphatic hydroxyl groups is 1. The molecular formula is C12H16O2. The molecule has 3 atom stereocenters. The quantitative estimate of drug-likeness (QED) is 0.795. The topological polar surface area (TPSA) is 29.5 Å². The zero-order valence-corrected chi connectivity index (χ0v) is 8.60. The number of hydrogen-bond donors (Lipinski definition) is 1. The summed E-state index contributed by atoms with van der Waals surface area (Å²) in [5.41, 5.74) is 1.29. The molecule has 0 saturated heterocycles. The summed E-state index contributed by atoms with van der Waals surface area (Å²) >= 11 is 0. The molecule has 2 heteroatoms. The number of benzene rings is 1. The van der Waals surface area contributed by atoms with Gasteiger partial charge in [0.1, 0.15) is 5.75 Å². The first kappa shape index (κ1) is 9.53. The first-order chi connectivity index (χ1) is 6.72. The molecule has 1 aliphatic carbocycles. The van der Waals surface area contributed by atoms with Crippen molar-refractivity contribution >= 4 is 0 Å². The van der Waals surface area contributed by atoms with Crippen molar-refractivity contribution in [3.05, 3.63) is 29.8 Å². The fourth-order valence-corrected chi connectivity index (χ4v) is 2.00. The predicted octanol–water partition coefficient (Wildman–Crippen LogP) is 2.18. The second-order valence-corrected chi connectivity index (χ2v) is 4.02. The van der Waals surface area contributed by atoms with Crippen LogP contribution in [0.15, 0.2) is 24.3 Å². The first-order valence-electron chi connectivity index (χ1n) is 5.04. The molecular weight excluding hydrogens is 176 g/mol. The normalized spacial score (nSPS) is 27.1. The number of methoxy groups -OCH3 is 1. The van der Waals surface area contributed by atoms with Crippen molar-refractivity contribution in [1.29, 1.82) is 0 Å². The van der Waals surface area contributed by atoms with Gasteiger partial charge < -0.3 is 9.84 Å². The van der Waals surface area contributed by atoms with Gasteiger partial charge in [0.15, 0.2) is 0 Å². The minimum atomic E-state index is -0.189. The molecule has 1 saturated carbocycles. The lowest BCUT2D eigenvalue weighted by Gasteiger charge is -2.05. The van der Waals surface area contributed by atoms with Crippen LogP contribution in [0, 0.1) is 5.92 Å². The van der Waals surface area contributed by atoms with E-state index in [1.54, 1.807) is 7.11 Å². The summed E-state index contributed by atoms with van der Waals surface area (Å²) in [7, 11) is 1.68. The van der Waals surface area contributed by atoms with E-state index in [9.17, 15) is 5.11 Å². The minimum Gasteiger partial charge on any atom is -0.497 e. The van der Waals surface area contributed by atoms with Crippen LogP contribution in [0.3, 0.4) is 0 Å². The van der Waals surface area contributed by atoms with Gasteiger partial charge in [-0.3, -0.25) is 0 Å². The van der Waals surface area contributed by atoms with E-state index in [0.717, 1.165) is 12.2 Å². The van der Waals surface area contributed by atoms with Crippen molar-refractivity contribution in [3.8, 4) is 5.75 Å². The Kier molecular flexibility index (Phi) is 2.46. The van der Waals surface area contributed by atoms with Gasteiger partial charge in [0.05, 0.1) is 13.2 Å². The molecule has 1 fully saturated rings. The Morgan fingerprint density at radius 3 is 2.86 bits per heavy atom. The largest absolute Gasteiger partial charge is 0.497 e. The Hall–Kier alpha value is -1.02. The van der Waals surface area contributed by atoms with Crippen molar-refractivity contribution in [2.75, 3.05) is 7.11 Å². The van der Waals surface area contributed by atoms with Gasteiger partial charge in [0.2, 0.25) is 0 Å². The van der Waals surface area contributed by atoms with Crippen LogP contribution in [-0.4, -0.2) is 18.3 Å². The van der Waals surface area contributed by atoms with E-state index in [0.29, 0.717) is 11.8 Å². The zero-order valence-electron chi connectivity index (χ0n) is 8.60. The van der Waals surface area contributed by atoms with E-state index < -0.39 is 0 Å². The van der Waals surface area contributed by atoms with Crippen LogP contribution in [0.4, 0.5) is 0 Å². The minimum absolute atomic E-state index is 0.189. The summed E-state index contributed by atoms with van der Waals surface area (Å²) in [6.45, 7) is 1.87. The fraction of sp³-hybridized carbons (Fsp3) is 0.500. The SMILES string of the molecule is COc1cccc(C2CC2C(C)O)c1. The van der Waals surface area contributed by atoms with Crippen molar-refractivity contribution in [1.82, 2.24) is 0 Å². The maximum absolute atomic E-state index is 9.42. The Morgan fingerprint density at radius 2 is 2.29 bits per heavy atom. The monoisotopic (exact) mass is 192 g/mol. The number of ether oxygens (including phenoxy) is 1. The molecule has 0 amide bonds. The van der Waals surface area contributed by atoms with Gasteiger partial charge >= 0.3 is 0 Å². The summed E-state index contributed by atoms with van der Waals surface area (Å²) in [6, 6.07) is 8.12. The highest BCUT2D eigenvalue weighted by atomic mass is 16.5. The summed E-state index contributed by atoms with van der Waals surface area (Å²) in [5, 5.41) is 9.42. The average molecular weight is 192 g/mol. The Bertz CT molecular complexity index is 320. The summed E-state index contributed by atoms with van der Waals surface area (Å²) in [4.78, 5) is 0. The van der Waals surface area contributed by atoms with Crippen molar-refractivity contribution in [2.45, 2.75) is 25.4 Å². The van der Waals surface area contributed by atoms with Crippen LogP contribution in [0.5, 0.6) is 5.75 Å². The van der Waals surface area contributed by atoms with Crippen LogP contribution in [0.1, 0.15) is 24.8 Å². The van der Waals surface area contributed by atoms with E-state index >= 15 is 0 Å². The van der Waals surface area contributed by atoms with Gasteiger partial charge in [-0.1, -0.05) is 12.1 Å². The molecule has 0 radical (unpaired) electrons. The summed E-state index contributed by atoms with van der Waals surface area (Å²) < 4.78 is 5.17. The summed E-state index contributed by atoms with van der Waals surface area (Å²) in [6.07, 6.45) is 0.913. The van der Waals surface area contributed by atoms with Gasteiger partial charge in [-0.2, -0.15) is 0 Å². The molecule has 1 N–H and O–H groups in total. The number of rotatable bonds is 3. The third kappa shape index (κ3) is 1.75. The molecule has 3 unspecified atom stereocenters. The van der Waals surface area contributed by atoms with Crippen LogP contribution in [0.25, 0.3) is 0 Å². The van der Waals surface area contributed by atoms with Crippen molar-refractivity contribution in [2.24, 2.45) is 5.92 Å². The number of aliphatic hydroxyl groups excluding tert-OH is 1. The van der Waals surface area contributed by atoms with E-state index in [1.165, 1.54) is 5.56 Å². The standard InChI is InChI=1S/C12H16O2/c1-8(13)11-7-12(11)9-4-3-5-10(6-9)14-2/h3-6,8,11-13H,7H2,1-2H3. The third-order valence-electron chi connectivity index (χ3n) is 2.98. The van der Waals surface area contributed by atoms with Gasteiger partial charge in [-0.25, -0.2) is 0 Å². The van der Waals surface area contributed by atoms with Crippen LogP contribution in [0.2, 0.25) is 0 Å². The summed E-state index contributed by atoms with van der Waals surface area (Å²) in [5.74, 6) is 1.88. The number of hydrogen-bond acceptors (Lipinski definition) is 2. The molecule has 1 aromatic rings. The van der Waals surface area contributed by atoms with Gasteiger partial charge in [-0.15, -0.1) is 0 Å². The highest BCUT2D eigenvalue weighted by Gasteiger charge is 2.41. The molecule has 2 rings (SSSR count). The van der Waals surface area contributed by atoms with Crippen molar-refractivity contribution < 1.29 is 9.84 Å². The zero-order chi connectivity index (χ0) is 10.1. The van der Waals surface area contributed by atoms with Gasteiger partial charge in [0.25, 0.3) is 0 Å². The van der Waals surface area contributed by atoms with Crippen LogP contribution >= 0.6 is 0 Å². The molecule has 0 heterocycles. The molecule has 1 aromatic carbocycles. The van der Waals surface area contributed by atoms with E-state index in [-0.39, 0.29) is 6.10 Å². The van der Waals surface area contributed by atoms with E-state index in [1.807, 2.05) is 19.1 Å². The highest BCUT2D eigenvalue weighted by Crippen LogP contribution is 2.49. The molecule has 0 spiro atoms. The molecule has 0 aromatic heterocycles. The lowest BCUT2D eigenvalue weighted by molar-refractivity contribution is 0.169. The van der Waals surface area contributed by atoms with Crippen LogP contribution < -0.4 is 4.74 Å².